The van der Waals surface area contributed by atoms with Gasteiger partial charge in [-0.15, -0.1) is 11.3 Å². The summed E-state index contributed by atoms with van der Waals surface area (Å²) in [7, 11) is -3.67. The number of amides is 1. The summed E-state index contributed by atoms with van der Waals surface area (Å²) in [5, 5.41) is 7.73. The van der Waals surface area contributed by atoms with Gasteiger partial charge in [0.15, 0.2) is 0 Å². The van der Waals surface area contributed by atoms with Crippen LogP contribution in [0.5, 0.6) is 0 Å². The summed E-state index contributed by atoms with van der Waals surface area (Å²) < 4.78 is 27.4. The molecule has 0 aliphatic carbocycles. The van der Waals surface area contributed by atoms with Crippen LogP contribution in [0.1, 0.15) is 17.1 Å². The van der Waals surface area contributed by atoms with E-state index in [-0.39, 0.29) is 16.7 Å². The van der Waals surface area contributed by atoms with Gasteiger partial charge in [-0.2, -0.15) is 0 Å². The minimum absolute atomic E-state index is 0.0948. The molecule has 3 N–H and O–H groups in total. The summed E-state index contributed by atoms with van der Waals surface area (Å²) in [5.41, 5.74) is 0. The molecular formula is C12H14N2O4S2. The van der Waals surface area contributed by atoms with Crippen LogP contribution < -0.4 is 10.5 Å². The van der Waals surface area contributed by atoms with E-state index < -0.39 is 10.0 Å². The van der Waals surface area contributed by atoms with Crippen LogP contribution in [0.3, 0.4) is 0 Å². The molecule has 0 aromatic carbocycles. The van der Waals surface area contributed by atoms with Crippen LogP contribution in [0.4, 0.5) is 0 Å². The monoisotopic (exact) mass is 314 g/mol. The fourth-order valence-corrected chi connectivity index (χ4v) is 3.29. The number of primary sulfonamides is 1. The van der Waals surface area contributed by atoms with Crippen molar-refractivity contribution in [1.29, 1.82) is 0 Å². The second-order valence-corrected chi connectivity index (χ2v) is 7.08. The Morgan fingerprint density at radius 3 is 2.75 bits per heavy atom. The van der Waals surface area contributed by atoms with Crippen LogP contribution in [-0.2, 0) is 27.8 Å². The number of thiophene rings is 1. The van der Waals surface area contributed by atoms with Gasteiger partial charge in [0.1, 0.15) is 9.97 Å². The standard InChI is InChI=1S/C12H14N2O4S2/c13-20(16,17)12-6-4-10(19-12)8-14-11(15)5-3-9-2-1-7-18-9/h1-2,4,6-7H,3,5,8H2,(H,14,15)(H2,13,16,17). The Kier molecular flexibility index (Phi) is 4.58. The molecule has 6 nitrogen and oxygen atoms in total. The molecule has 0 fully saturated rings. The molecule has 108 valence electrons. The molecule has 0 aliphatic heterocycles. The first-order chi connectivity index (χ1) is 9.45. The minimum Gasteiger partial charge on any atom is -0.469 e. The van der Waals surface area contributed by atoms with Crippen molar-refractivity contribution in [3.8, 4) is 0 Å². The smallest absolute Gasteiger partial charge is 0.247 e. The number of hydrogen-bond donors (Lipinski definition) is 2. The van der Waals surface area contributed by atoms with Crippen molar-refractivity contribution in [2.75, 3.05) is 0 Å². The molecule has 2 aromatic rings. The summed E-state index contributed by atoms with van der Waals surface area (Å²) in [5.74, 6) is 0.639. The fourth-order valence-electron chi connectivity index (χ4n) is 1.57. The van der Waals surface area contributed by atoms with Gasteiger partial charge in [0.2, 0.25) is 15.9 Å². The van der Waals surface area contributed by atoms with Gasteiger partial charge in [-0.25, -0.2) is 13.6 Å². The normalized spacial score (nSPS) is 11.4. The maximum absolute atomic E-state index is 11.6. The lowest BCUT2D eigenvalue weighted by molar-refractivity contribution is -0.121. The van der Waals surface area contributed by atoms with E-state index in [1.54, 1.807) is 18.4 Å². The average molecular weight is 314 g/mol. The Morgan fingerprint density at radius 2 is 2.15 bits per heavy atom. The van der Waals surface area contributed by atoms with Gasteiger partial charge in [-0.1, -0.05) is 0 Å². The lowest BCUT2D eigenvalue weighted by Gasteiger charge is -2.02. The Labute approximate surface area is 120 Å². The highest BCUT2D eigenvalue weighted by atomic mass is 32.2. The maximum Gasteiger partial charge on any atom is 0.247 e. The molecule has 0 aliphatic rings. The van der Waals surface area contributed by atoms with E-state index in [4.69, 9.17) is 9.56 Å². The third-order valence-electron chi connectivity index (χ3n) is 2.56. The molecule has 2 aromatic heterocycles. The number of aryl methyl sites for hydroxylation is 1. The SMILES string of the molecule is NS(=O)(=O)c1ccc(CNC(=O)CCc2ccco2)s1. The molecule has 1 amide bonds. The van der Waals surface area contributed by atoms with Gasteiger partial charge in [0, 0.05) is 17.7 Å². The molecule has 2 rings (SSSR count). The van der Waals surface area contributed by atoms with Crippen molar-refractivity contribution >= 4 is 27.3 Å². The largest absolute Gasteiger partial charge is 0.469 e. The summed E-state index contributed by atoms with van der Waals surface area (Å²) in [6.07, 6.45) is 2.42. The van der Waals surface area contributed by atoms with E-state index in [1.807, 2.05) is 6.07 Å². The molecule has 0 saturated heterocycles. The maximum atomic E-state index is 11.6. The lowest BCUT2D eigenvalue weighted by Crippen LogP contribution is -2.22. The van der Waals surface area contributed by atoms with Crippen molar-refractivity contribution in [2.45, 2.75) is 23.6 Å². The van der Waals surface area contributed by atoms with Gasteiger partial charge in [-0.05, 0) is 24.3 Å². The topological polar surface area (TPSA) is 102 Å². The number of nitrogens with two attached hydrogens (primary N) is 1. The second-order valence-electron chi connectivity index (χ2n) is 4.12. The summed E-state index contributed by atoms with van der Waals surface area (Å²) in [6.45, 7) is 0.289. The van der Waals surface area contributed by atoms with E-state index in [0.29, 0.717) is 12.8 Å². The molecule has 0 radical (unpaired) electrons. The van der Waals surface area contributed by atoms with Crippen LogP contribution in [0, 0.1) is 0 Å². The molecular weight excluding hydrogens is 300 g/mol. The van der Waals surface area contributed by atoms with Gasteiger partial charge in [0.05, 0.1) is 12.8 Å². The third-order valence-corrected chi connectivity index (χ3v) is 5.08. The molecule has 20 heavy (non-hydrogen) atoms. The van der Waals surface area contributed by atoms with E-state index in [0.717, 1.165) is 22.0 Å². The van der Waals surface area contributed by atoms with Crippen molar-refractivity contribution in [3.05, 3.63) is 41.2 Å². The number of nitrogens with one attached hydrogen (secondary N) is 1. The quantitative estimate of drug-likeness (QED) is 0.837. The second kappa shape index (κ2) is 6.21. The first-order valence-electron chi connectivity index (χ1n) is 5.86. The third kappa shape index (κ3) is 4.19. The van der Waals surface area contributed by atoms with E-state index in [9.17, 15) is 13.2 Å². The highest BCUT2D eigenvalue weighted by Gasteiger charge is 2.11. The van der Waals surface area contributed by atoms with Gasteiger partial charge in [0.25, 0.3) is 0 Å². The molecule has 8 heteroatoms. The predicted octanol–water partition coefficient (Wildman–Crippen LogP) is 1.24. The Morgan fingerprint density at radius 1 is 1.35 bits per heavy atom. The number of rotatable bonds is 6. The highest BCUT2D eigenvalue weighted by molar-refractivity contribution is 7.91. The zero-order valence-electron chi connectivity index (χ0n) is 10.5. The predicted molar refractivity (Wildman–Crippen MR) is 74.6 cm³/mol. The van der Waals surface area contributed by atoms with Gasteiger partial charge in [-0.3, -0.25) is 4.79 Å². The molecule has 0 unspecified atom stereocenters. The zero-order valence-corrected chi connectivity index (χ0v) is 12.2. The van der Waals surface area contributed by atoms with Crippen LogP contribution in [0.15, 0.2) is 39.2 Å². The van der Waals surface area contributed by atoms with Crippen molar-refractivity contribution in [3.63, 3.8) is 0 Å². The highest BCUT2D eigenvalue weighted by Crippen LogP contribution is 2.19. The summed E-state index contributed by atoms with van der Waals surface area (Å²) in [6, 6.07) is 6.65. The first kappa shape index (κ1) is 14.8. The fraction of sp³-hybridized carbons (Fsp3) is 0.250. The van der Waals surface area contributed by atoms with Crippen molar-refractivity contribution < 1.29 is 17.6 Å². The zero-order chi connectivity index (χ0) is 14.6. The number of carbonyl (C=O) groups is 1. The van der Waals surface area contributed by atoms with E-state index in [1.165, 1.54) is 6.07 Å². The number of carbonyl (C=O) groups excluding carboxylic acids is 1. The van der Waals surface area contributed by atoms with E-state index >= 15 is 0 Å². The van der Waals surface area contributed by atoms with E-state index in [2.05, 4.69) is 5.32 Å². The Hall–Kier alpha value is -1.64. The average Bonchev–Trinajstić information content (AvgIpc) is 3.04. The van der Waals surface area contributed by atoms with Gasteiger partial charge < -0.3 is 9.73 Å². The van der Waals surface area contributed by atoms with Crippen LogP contribution in [0.2, 0.25) is 0 Å². The Balaban J connectivity index is 1.80. The minimum atomic E-state index is -3.67. The van der Waals surface area contributed by atoms with Crippen molar-refractivity contribution in [1.82, 2.24) is 5.32 Å². The Bertz CT molecular complexity index is 674. The van der Waals surface area contributed by atoms with Crippen LogP contribution in [0.25, 0.3) is 0 Å². The van der Waals surface area contributed by atoms with Crippen LogP contribution in [-0.4, -0.2) is 14.3 Å². The molecule has 0 atom stereocenters. The first-order valence-corrected chi connectivity index (χ1v) is 8.22. The lowest BCUT2D eigenvalue weighted by atomic mass is 10.2. The number of furan rings is 1. The summed E-state index contributed by atoms with van der Waals surface area (Å²) in [4.78, 5) is 12.4. The van der Waals surface area contributed by atoms with Crippen molar-refractivity contribution in [2.24, 2.45) is 5.14 Å². The molecule has 0 spiro atoms. The number of sulfonamides is 1. The van der Waals surface area contributed by atoms with Crippen LogP contribution >= 0.6 is 11.3 Å². The number of hydrogen-bond acceptors (Lipinski definition) is 5. The molecule has 0 bridgehead atoms. The molecule has 2 heterocycles. The van der Waals surface area contributed by atoms with Gasteiger partial charge >= 0.3 is 0 Å². The molecule has 0 saturated carbocycles. The summed E-state index contributed by atoms with van der Waals surface area (Å²) >= 11 is 1.05.